The molecule has 11 heavy (non-hydrogen) atoms. The fourth-order valence-electron chi connectivity index (χ4n) is 0.933. The number of nitrogens with zero attached hydrogens (tertiary/aromatic N) is 1. The Morgan fingerprint density at radius 2 is 2.45 bits per heavy atom. The molecule has 0 fully saturated rings. The summed E-state index contributed by atoms with van der Waals surface area (Å²) >= 11 is 0. The molecule has 0 saturated heterocycles. The molecule has 0 radical (unpaired) electrons. The molecule has 0 rings (SSSR count). The first kappa shape index (κ1) is 10.0. The molecule has 2 nitrogen and oxygen atoms in total. The van der Waals surface area contributed by atoms with Crippen molar-refractivity contribution >= 4 is 6.72 Å². The topological polar surface area (TPSA) is 24.4 Å². The zero-order valence-corrected chi connectivity index (χ0v) is 7.14. The van der Waals surface area contributed by atoms with Crippen molar-refractivity contribution in [1.29, 1.82) is 0 Å². The molecule has 1 N–H and O–H groups in total. The van der Waals surface area contributed by atoms with Gasteiger partial charge < -0.3 is 5.32 Å². The van der Waals surface area contributed by atoms with Gasteiger partial charge >= 0.3 is 0 Å². The van der Waals surface area contributed by atoms with Crippen LogP contribution in [0.25, 0.3) is 0 Å². The molecule has 0 aromatic heterocycles. The fourth-order valence-corrected chi connectivity index (χ4v) is 0.933. The molecule has 0 heterocycles. The summed E-state index contributed by atoms with van der Waals surface area (Å²) in [6, 6.07) is 2.74. The maximum Gasteiger partial charge on any atom is 0.0590 e. The summed E-state index contributed by atoms with van der Waals surface area (Å²) < 4.78 is 0. The van der Waals surface area contributed by atoms with Gasteiger partial charge in [0.2, 0.25) is 0 Å². The van der Waals surface area contributed by atoms with Crippen LogP contribution in [0.1, 0.15) is 26.2 Å². The summed E-state index contributed by atoms with van der Waals surface area (Å²) in [5.74, 6) is 0. The highest BCUT2D eigenvalue weighted by Gasteiger charge is 2.02. The number of unbranched alkanes of at least 4 members (excludes halogenated alkanes) is 1. The van der Waals surface area contributed by atoms with Gasteiger partial charge in [0.25, 0.3) is 0 Å². The van der Waals surface area contributed by atoms with E-state index in [0.29, 0.717) is 12.6 Å². The Labute approximate surface area is 69.1 Å². The molecule has 0 amide bonds. The monoisotopic (exact) mass is 152 g/mol. The molecule has 0 aliphatic heterocycles. The average Bonchev–Trinajstić information content (AvgIpc) is 2.01. The minimum Gasteiger partial charge on any atom is -0.341 e. The molecule has 2 heteroatoms. The lowest BCUT2D eigenvalue weighted by molar-refractivity contribution is 0.536. The van der Waals surface area contributed by atoms with Gasteiger partial charge in [-0.1, -0.05) is 26.2 Å². The maximum absolute atomic E-state index is 5.11. The van der Waals surface area contributed by atoms with Crippen molar-refractivity contribution in [3.05, 3.63) is 0 Å². The maximum atomic E-state index is 5.11. The van der Waals surface area contributed by atoms with Crippen molar-refractivity contribution < 1.29 is 0 Å². The number of hydrogen-bond acceptors (Lipinski definition) is 2. The predicted octanol–water partition coefficient (Wildman–Crippen LogP) is 1.43. The van der Waals surface area contributed by atoms with Crippen LogP contribution >= 0.6 is 0 Å². The van der Waals surface area contributed by atoms with Gasteiger partial charge in [0, 0.05) is 6.04 Å². The Morgan fingerprint density at radius 3 is 2.91 bits per heavy atom. The number of terminal acetylenes is 1. The molecule has 0 saturated carbocycles. The highest BCUT2D eigenvalue weighted by molar-refractivity contribution is 5.23. The van der Waals surface area contributed by atoms with Crippen LogP contribution < -0.4 is 5.32 Å². The summed E-state index contributed by atoms with van der Waals surface area (Å²) in [5.41, 5.74) is 0. The Morgan fingerprint density at radius 1 is 1.73 bits per heavy atom. The Bertz CT molecular complexity index is 135. The summed E-state index contributed by atoms with van der Waals surface area (Å²) in [5, 5.41) is 2.91. The van der Waals surface area contributed by atoms with Gasteiger partial charge in [-0.15, -0.1) is 0 Å². The van der Waals surface area contributed by atoms with Gasteiger partial charge in [-0.2, -0.15) is 0 Å². The summed E-state index contributed by atoms with van der Waals surface area (Å²) in [4.78, 5) is 3.80. The van der Waals surface area contributed by atoms with Crippen molar-refractivity contribution in [3.8, 4) is 12.5 Å². The number of aliphatic imine (C=N–C) groups is 1. The molecular formula is C9H16N2. The third-order valence-electron chi connectivity index (χ3n) is 1.54. The minimum absolute atomic E-state index is 0.317. The van der Waals surface area contributed by atoms with E-state index in [0.717, 1.165) is 6.42 Å². The van der Waals surface area contributed by atoms with Crippen molar-refractivity contribution in [1.82, 2.24) is 5.32 Å². The van der Waals surface area contributed by atoms with Crippen molar-refractivity contribution in [2.24, 2.45) is 4.99 Å². The molecule has 1 atom stereocenters. The van der Waals surface area contributed by atoms with E-state index >= 15 is 0 Å². The quantitative estimate of drug-likeness (QED) is 0.347. The summed E-state index contributed by atoms with van der Waals surface area (Å²) in [7, 11) is 0. The Hall–Kier alpha value is -0.970. The molecule has 0 aliphatic carbocycles. The standard InChI is InChI=1S/C9H16N2/c1-4-6-7-9(8-10-3)11-5-2/h2,9,11H,3-4,6-8H2,1H3. The van der Waals surface area contributed by atoms with Gasteiger partial charge in [-0.05, 0) is 13.1 Å². The summed E-state index contributed by atoms with van der Waals surface area (Å²) in [6.07, 6.45) is 8.57. The lowest BCUT2D eigenvalue weighted by atomic mass is 10.1. The average molecular weight is 152 g/mol. The molecule has 0 bridgehead atoms. The molecule has 0 spiro atoms. The SMILES string of the molecule is C#CNC(CCCC)CN=C. The lowest BCUT2D eigenvalue weighted by Gasteiger charge is -2.11. The minimum atomic E-state index is 0.317. The number of nitrogens with one attached hydrogen (secondary N) is 1. The van der Waals surface area contributed by atoms with E-state index in [2.05, 4.69) is 30.0 Å². The fraction of sp³-hybridized carbons (Fsp3) is 0.667. The van der Waals surface area contributed by atoms with Crippen molar-refractivity contribution in [2.45, 2.75) is 32.2 Å². The third kappa shape index (κ3) is 5.47. The number of rotatable bonds is 6. The first-order chi connectivity index (χ1) is 5.35. The van der Waals surface area contributed by atoms with E-state index in [1.165, 1.54) is 12.8 Å². The van der Waals surface area contributed by atoms with E-state index in [1.807, 2.05) is 0 Å². The molecule has 0 aromatic carbocycles. The summed E-state index contributed by atoms with van der Waals surface area (Å²) in [6.45, 7) is 6.31. The van der Waals surface area contributed by atoms with Crippen LogP contribution in [0.5, 0.6) is 0 Å². The van der Waals surface area contributed by atoms with Crippen molar-refractivity contribution in [2.75, 3.05) is 6.54 Å². The van der Waals surface area contributed by atoms with Crippen LogP contribution in [0.2, 0.25) is 0 Å². The lowest BCUT2D eigenvalue weighted by Crippen LogP contribution is -2.27. The second kappa shape index (κ2) is 7.14. The number of hydrogen-bond donors (Lipinski definition) is 1. The van der Waals surface area contributed by atoms with Crippen LogP contribution in [0.3, 0.4) is 0 Å². The van der Waals surface area contributed by atoms with Gasteiger partial charge in [0.1, 0.15) is 0 Å². The highest BCUT2D eigenvalue weighted by Crippen LogP contribution is 1.99. The molecule has 0 aliphatic rings. The van der Waals surface area contributed by atoms with Crippen LogP contribution in [0, 0.1) is 12.5 Å². The third-order valence-corrected chi connectivity index (χ3v) is 1.54. The van der Waals surface area contributed by atoms with Crippen LogP contribution in [-0.2, 0) is 0 Å². The predicted molar refractivity (Wildman–Crippen MR) is 49.7 cm³/mol. The van der Waals surface area contributed by atoms with Gasteiger partial charge in [-0.3, -0.25) is 4.99 Å². The molecular weight excluding hydrogens is 136 g/mol. The van der Waals surface area contributed by atoms with E-state index < -0.39 is 0 Å². The van der Waals surface area contributed by atoms with E-state index in [9.17, 15) is 0 Å². The van der Waals surface area contributed by atoms with E-state index in [4.69, 9.17) is 6.42 Å². The normalized spacial score (nSPS) is 11.6. The van der Waals surface area contributed by atoms with Crippen LogP contribution in [0.15, 0.2) is 4.99 Å². The Kier molecular flexibility index (Phi) is 6.51. The molecule has 0 aromatic rings. The zero-order chi connectivity index (χ0) is 8.53. The largest absolute Gasteiger partial charge is 0.341 e. The molecule has 62 valence electrons. The van der Waals surface area contributed by atoms with Gasteiger partial charge in [0.05, 0.1) is 12.6 Å². The van der Waals surface area contributed by atoms with E-state index in [1.54, 1.807) is 0 Å². The highest BCUT2D eigenvalue weighted by atomic mass is 14.9. The Balaban J connectivity index is 3.52. The van der Waals surface area contributed by atoms with E-state index in [-0.39, 0.29) is 0 Å². The second-order valence-electron chi connectivity index (χ2n) is 2.53. The van der Waals surface area contributed by atoms with Gasteiger partial charge in [0.15, 0.2) is 0 Å². The smallest absolute Gasteiger partial charge is 0.0590 e. The van der Waals surface area contributed by atoms with Crippen LogP contribution in [0.4, 0.5) is 0 Å². The first-order valence-corrected chi connectivity index (χ1v) is 3.98. The molecule has 1 unspecified atom stereocenters. The zero-order valence-electron chi connectivity index (χ0n) is 7.14. The first-order valence-electron chi connectivity index (χ1n) is 3.98. The van der Waals surface area contributed by atoms with Crippen LogP contribution in [-0.4, -0.2) is 19.3 Å². The van der Waals surface area contributed by atoms with Crippen molar-refractivity contribution in [3.63, 3.8) is 0 Å². The van der Waals surface area contributed by atoms with Gasteiger partial charge in [-0.25, -0.2) is 0 Å². The second-order valence-corrected chi connectivity index (χ2v) is 2.53.